The van der Waals surface area contributed by atoms with Crippen molar-refractivity contribution in [1.82, 2.24) is 20.4 Å². The Morgan fingerprint density at radius 2 is 1.67 bits per heavy atom. The van der Waals surface area contributed by atoms with Crippen molar-refractivity contribution in [3.8, 4) is 22.8 Å². The van der Waals surface area contributed by atoms with Gasteiger partial charge in [0.1, 0.15) is 11.5 Å². The second-order valence-corrected chi connectivity index (χ2v) is 11.7. The van der Waals surface area contributed by atoms with Crippen LogP contribution in [0.4, 0.5) is 0 Å². The lowest BCUT2D eigenvalue weighted by molar-refractivity contribution is -0.121. The molecule has 0 saturated heterocycles. The van der Waals surface area contributed by atoms with Crippen LogP contribution in [-0.2, 0) is 4.79 Å². The number of amides is 2. The molecule has 1 aliphatic carbocycles. The van der Waals surface area contributed by atoms with Crippen LogP contribution in [-0.4, -0.2) is 48.4 Å². The summed E-state index contributed by atoms with van der Waals surface area (Å²) < 4.78 is 13.2. The minimum Gasteiger partial charge on any atom is -0.496 e. The van der Waals surface area contributed by atoms with E-state index in [1.165, 1.54) is 32.1 Å². The normalized spacial score (nSPS) is 15.7. The number of nitrogens with zero attached hydrogens (tertiary/aromatic N) is 2. The smallest absolute Gasteiger partial charge is 0.272 e. The van der Waals surface area contributed by atoms with Crippen LogP contribution in [0.3, 0.4) is 0 Å². The molecule has 0 bridgehead atoms. The van der Waals surface area contributed by atoms with Gasteiger partial charge in [-0.3, -0.25) is 14.3 Å². The highest BCUT2D eigenvalue weighted by atomic mass is 16.5. The Kier molecular flexibility index (Phi) is 11.3. The quantitative estimate of drug-likeness (QED) is 0.324. The minimum absolute atomic E-state index is 0.00932. The van der Waals surface area contributed by atoms with E-state index >= 15 is 0 Å². The SMILES string of the molecule is COc1cccc(OC)c1-c1cc(C(=O)N[C@H](CC(=O)NCC2CCCCC2)CC(C)C)nn1C(C)C(C)C. The summed E-state index contributed by atoms with van der Waals surface area (Å²) in [5.74, 6) is 2.17. The summed E-state index contributed by atoms with van der Waals surface area (Å²) in [7, 11) is 3.24. The molecule has 39 heavy (non-hydrogen) atoms. The molecular formula is C31H48N4O4. The molecular weight excluding hydrogens is 492 g/mol. The lowest BCUT2D eigenvalue weighted by atomic mass is 9.89. The Hall–Kier alpha value is -3.03. The van der Waals surface area contributed by atoms with E-state index in [1.54, 1.807) is 20.3 Å². The standard InChI is InChI=1S/C31H48N4O4/c1-20(2)16-24(17-29(36)32-19-23-12-9-8-10-13-23)33-31(37)25-18-26(35(34-25)22(5)21(3)4)30-27(38-6)14-11-15-28(30)39-7/h11,14-15,18,20-24H,8-10,12-13,16-17,19H2,1-7H3,(H,32,36)(H,33,37)/t22?,24-/m0/s1. The molecule has 1 aromatic carbocycles. The fraction of sp³-hybridized carbons (Fsp3) is 0.645. The van der Waals surface area contributed by atoms with E-state index in [9.17, 15) is 9.59 Å². The maximum atomic E-state index is 13.5. The first kappa shape index (κ1) is 30.5. The van der Waals surface area contributed by atoms with Gasteiger partial charge in [0.15, 0.2) is 5.69 Å². The van der Waals surface area contributed by atoms with Crippen LogP contribution in [0, 0.1) is 17.8 Å². The lowest BCUT2D eigenvalue weighted by Crippen LogP contribution is -2.41. The number of carbonyl (C=O) groups is 2. The van der Waals surface area contributed by atoms with E-state index in [0.717, 1.165) is 17.8 Å². The summed E-state index contributed by atoms with van der Waals surface area (Å²) in [6.45, 7) is 11.3. The zero-order valence-electron chi connectivity index (χ0n) is 24.9. The maximum absolute atomic E-state index is 13.5. The summed E-state index contributed by atoms with van der Waals surface area (Å²) in [4.78, 5) is 26.4. The monoisotopic (exact) mass is 540 g/mol. The van der Waals surface area contributed by atoms with Gasteiger partial charge in [-0.05, 0) is 62.1 Å². The van der Waals surface area contributed by atoms with Crippen molar-refractivity contribution < 1.29 is 19.1 Å². The van der Waals surface area contributed by atoms with Gasteiger partial charge in [0.2, 0.25) is 5.91 Å². The van der Waals surface area contributed by atoms with Gasteiger partial charge in [0, 0.05) is 19.0 Å². The predicted molar refractivity (Wildman–Crippen MR) is 155 cm³/mol. The molecule has 3 rings (SSSR count). The molecule has 1 fully saturated rings. The van der Waals surface area contributed by atoms with Crippen molar-refractivity contribution in [2.24, 2.45) is 17.8 Å². The zero-order chi connectivity index (χ0) is 28.5. The van der Waals surface area contributed by atoms with Crippen LogP contribution in [0.25, 0.3) is 11.3 Å². The Labute approximate surface area is 234 Å². The molecule has 1 unspecified atom stereocenters. The van der Waals surface area contributed by atoms with Crippen LogP contribution in [0.15, 0.2) is 24.3 Å². The molecule has 2 N–H and O–H groups in total. The molecule has 0 radical (unpaired) electrons. The second kappa shape index (κ2) is 14.4. The van der Waals surface area contributed by atoms with Gasteiger partial charge in [-0.1, -0.05) is 53.0 Å². The van der Waals surface area contributed by atoms with Crippen molar-refractivity contribution in [1.29, 1.82) is 0 Å². The van der Waals surface area contributed by atoms with Crippen LogP contribution >= 0.6 is 0 Å². The van der Waals surface area contributed by atoms with Gasteiger partial charge in [-0.25, -0.2) is 0 Å². The third kappa shape index (κ3) is 8.23. The van der Waals surface area contributed by atoms with Gasteiger partial charge in [0.05, 0.1) is 31.5 Å². The van der Waals surface area contributed by atoms with Gasteiger partial charge in [-0.2, -0.15) is 5.10 Å². The zero-order valence-corrected chi connectivity index (χ0v) is 24.9. The summed E-state index contributed by atoms with van der Waals surface area (Å²) in [5, 5.41) is 11.0. The first-order chi connectivity index (χ1) is 18.6. The average molecular weight is 541 g/mol. The number of aromatic nitrogens is 2. The summed E-state index contributed by atoms with van der Waals surface area (Å²) in [6, 6.07) is 7.16. The van der Waals surface area contributed by atoms with E-state index < -0.39 is 0 Å². The number of carbonyl (C=O) groups excluding carboxylic acids is 2. The maximum Gasteiger partial charge on any atom is 0.272 e. The number of rotatable bonds is 13. The van der Waals surface area contributed by atoms with Gasteiger partial charge in [-0.15, -0.1) is 0 Å². The first-order valence-electron chi connectivity index (χ1n) is 14.5. The molecule has 2 amide bonds. The molecule has 1 saturated carbocycles. The predicted octanol–water partition coefficient (Wildman–Crippen LogP) is 6.02. The number of nitrogens with one attached hydrogen (secondary N) is 2. The van der Waals surface area contributed by atoms with Gasteiger partial charge >= 0.3 is 0 Å². The highest BCUT2D eigenvalue weighted by Crippen LogP contribution is 2.40. The van der Waals surface area contributed by atoms with Crippen molar-refractivity contribution >= 4 is 11.8 Å². The van der Waals surface area contributed by atoms with Crippen LogP contribution < -0.4 is 20.1 Å². The second-order valence-electron chi connectivity index (χ2n) is 11.7. The van der Waals surface area contributed by atoms with Crippen LogP contribution in [0.5, 0.6) is 11.5 Å². The Bertz CT molecular complexity index is 1070. The molecule has 8 nitrogen and oxygen atoms in total. The number of hydrogen-bond acceptors (Lipinski definition) is 5. The van der Waals surface area contributed by atoms with Gasteiger partial charge in [0.25, 0.3) is 5.91 Å². The molecule has 8 heteroatoms. The van der Waals surface area contributed by atoms with Crippen molar-refractivity contribution in [2.45, 2.75) is 91.6 Å². The molecule has 0 spiro atoms. The van der Waals surface area contributed by atoms with Crippen LogP contribution in [0.1, 0.15) is 96.1 Å². The number of methoxy groups -OCH3 is 2. The van der Waals surface area contributed by atoms with Crippen molar-refractivity contribution in [2.75, 3.05) is 20.8 Å². The summed E-state index contributed by atoms with van der Waals surface area (Å²) >= 11 is 0. The van der Waals surface area contributed by atoms with Crippen LogP contribution in [0.2, 0.25) is 0 Å². The third-order valence-corrected chi connectivity index (χ3v) is 7.84. The molecule has 1 heterocycles. The number of ether oxygens (including phenoxy) is 2. The first-order valence-corrected chi connectivity index (χ1v) is 14.5. The average Bonchev–Trinajstić information content (AvgIpc) is 3.36. The molecule has 0 aliphatic heterocycles. The molecule has 1 aromatic heterocycles. The van der Waals surface area contributed by atoms with Crippen molar-refractivity contribution in [3.63, 3.8) is 0 Å². The van der Waals surface area contributed by atoms with E-state index in [2.05, 4.69) is 45.3 Å². The minimum atomic E-state index is -0.287. The van der Waals surface area contributed by atoms with E-state index in [-0.39, 0.29) is 36.2 Å². The summed E-state index contributed by atoms with van der Waals surface area (Å²) in [5.41, 5.74) is 1.81. The summed E-state index contributed by atoms with van der Waals surface area (Å²) in [6.07, 6.45) is 7.12. The van der Waals surface area contributed by atoms with E-state index in [1.807, 2.05) is 22.9 Å². The highest BCUT2D eigenvalue weighted by Gasteiger charge is 2.27. The lowest BCUT2D eigenvalue weighted by Gasteiger charge is -2.23. The van der Waals surface area contributed by atoms with Crippen molar-refractivity contribution in [3.05, 3.63) is 30.0 Å². The molecule has 216 valence electrons. The molecule has 1 aliphatic rings. The van der Waals surface area contributed by atoms with E-state index in [4.69, 9.17) is 14.6 Å². The fourth-order valence-electron chi connectivity index (χ4n) is 5.36. The third-order valence-electron chi connectivity index (χ3n) is 7.84. The fourth-order valence-corrected chi connectivity index (χ4v) is 5.36. The van der Waals surface area contributed by atoms with Gasteiger partial charge < -0.3 is 20.1 Å². The molecule has 2 aromatic rings. The topological polar surface area (TPSA) is 94.5 Å². The Balaban J connectivity index is 1.83. The largest absolute Gasteiger partial charge is 0.496 e. The molecule has 2 atom stereocenters. The number of benzene rings is 1. The highest BCUT2D eigenvalue weighted by molar-refractivity contribution is 5.94. The Morgan fingerprint density at radius 1 is 1.03 bits per heavy atom. The number of hydrogen-bond donors (Lipinski definition) is 2. The van der Waals surface area contributed by atoms with E-state index in [0.29, 0.717) is 35.4 Å². The Morgan fingerprint density at radius 3 is 2.23 bits per heavy atom.